The van der Waals surface area contributed by atoms with Crippen LogP contribution in [0.3, 0.4) is 0 Å². The van der Waals surface area contributed by atoms with Gasteiger partial charge in [-0.15, -0.1) is 0 Å². The third kappa shape index (κ3) is 3.09. The van der Waals surface area contributed by atoms with Crippen molar-refractivity contribution in [3.8, 4) is 23.4 Å². The summed E-state index contributed by atoms with van der Waals surface area (Å²) in [6.45, 7) is 0. The van der Waals surface area contributed by atoms with E-state index in [0.717, 1.165) is 4.90 Å². The molecule has 7 heteroatoms. The smallest absolute Gasteiger partial charge is 0.143 e. The maximum atomic E-state index is 9.71. The second kappa shape index (κ2) is 6.91. The van der Waals surface area contributed by atoms with E-state index in [-0.39, 0.29) is 16.9 Å². The Hall–Kier alpha value is -3.55. The van der Waals surface area contributed by atoms with Crippen molar-refractivity contribution in [1.82, 2.24) is 9.97 Å². The second-order valence-corrected chi connectivity index (χ2v) is 6.04. The average molecular weight is 344 g/mol. The molecule has 0 atom stereocenters. The predicted octanol–water partition coefficient (Wildman–Crippen LogP) is 3.20. The molecule has 2 aromatic heterocycles. The molecule has 0 aliphatic heterocycles. The number of hydrogen-bond donors (Lipinski definition) is 2. The van der Waals surface area contributed by atoms with Crippen molar-refractivity contribution in [2.75, 3.05) is 11.5 Å². The molecule has 4 N–H and O–H groups in total. The van der Waals surface area contributed by atoms with Gasteiger partial charge in [-0.25, -0.2) is 4.98 Å². The van der Waals surface area contributed by atoms with Crippen LogP contribution in [0.5, 0.6) is 0 Å². The van der Waals surface area contributed by atoms with Gasteiger partial charge in [-0.1, -0.05) is 30.0 Å². The van der Waals surface area contributed by atoms with E-state index in [2.05, 4.69) is 16.0 Å². The van der Waals surface area contributed by atoms with Crippen LogP contribution in [0.2, 0.25) is 0 Å². The third-order valence-electron chi connectivity index (χ3n) is 3.46. The number of anilines is 2. The first kappa shape index (κ1) is 16.3. The Morgan fingerprint density at radius 3 is 2.28 bits per heavy atom. The number of hydrogen-bond acceptors (Lipinski definition) is 7. The van der Waals surface area contributed by atoms with Gasteiger partial charge >= 0.3 is 0 Å². The maximum Gasteiger partial charge on any atom is 0.143 e. The first-order valence-corrected chi connectivity index (χ1v) is 8.04. The van der Waals surface area contributed by atoms with E-state index in [9.17, 15) is 10.5 Å². The van der Waals surface area contributed by atoms with Crippen molar-refractivity contribution in [3.05, 3.63) is 59.8 Å². The molecule has 0 bridgehead atoms. The molecule has 0 saturated carbocycles. The van der Waals surface area contributed by atoms with Crippen LogP contribution in [0.4, 0.5) is 11.5 Å². The number of para-hydroxylation sites is 1. The van der Waals surface area contributed by atoms with Gasteiger partial charge in [0.25, 0.3) is 0 Å². The Bertz CT molecular complexity index is 1020. The Kier molecular flexibility index (Phi) is 4.51. The van der Waals surface area contributed by atoms with Crippen LogP contribution in [0.1, 0.15) is 11.1 Å². The summed E-state index contributed by atoms with van der Waals surface area (Å²) in [5, 5.41) is 19.6. The molecule has 3 aromatic rings. The Morgan fingerprint density at radius 1 is 0.920 bits per heavy atom. The fraction of sp³-hybridized carbons (Fsp3) is 0. The molecule has 0 spiro atoms. The van der Waals surface area contributed by atoms with Crippen LogP contribution in [-0.2, 0) is 0 Å². The molecule has 1 aromatic carbocycles. The predicted molar refractivity (Wildman–Crippen MR) is 96.3 cm³/mol. The summed E-state index contributed by atoms with van der Waals surface area (Å²) < 4.78 is 0. The SMILES string of the molecule is N#Cc1c(N)nc(Sc2ccccc2N)c(C#N)c1-c1ccccn1. The zero-order valence-electron chi connectivity index (χ0n) is 13.0. The quantitative estimate of drug-likeness (QED) is 0.699. The number of nitrogens with zero attached hydrogens (tertiary/aromatic N) is 4. The van der Waals surface area contributed by atoms with Gasteiger partial charge in [0, 0.05) is 22.3 Å². The molecule has 0 aliphatic carbocycles. The molecule has 2 heterocycles. The van der Waals surface area contributed by atoms with Crippen molar-refractivity contribution in [2.45, 2.75) is 9.92 Å². The third-order valence-corrected chi connectivity index (χ3v) is 4.54. The first-order chi connectivity index (χ1) is 12.2. The van der Waals surface area contributed by atoms with Crippen LogP contribution in [-0.4, -0.2) is 9.97 Å². The highest BCUT2D eigenvalue weighted by atomic mass is 32.2. The summed E-state index contributed by atoms with van der Waals surface area (Å²) in [5.74, 6) is 0.0548. The lowest BCUT2D eigenvalue weighted by Gasteiger charge is -2.12. The molecule has 25 heavy (non-hydrogen) atoms. The van der Waals surface area contributed by atoms with Crippen molar-refractivity contribution in [2.24, 2.45) is 0 Å². The van der Waals surface area contributed by atoms with E-state index in [1.165, 1.54) is 11.8 Å². The number of pyridine rings is 2. The van der Waals surface area contributed by atoms with Crippen molar-refractivity contribution in [3.63, 3.8) is 0 Å². The Morgan fingerprint density at radius 2 is 1.64 bits per heavy atom. The zero-order chi connectivity index (χ0) is 17.8. The first-order valence-electron chi connectivity index (χ1n) is 7.23. The highest BCUT2D eigenvalue weighted by Gasteiger charge is 2.21. The average Bonchev–Trinajstić information content (AvgIpc) is 2.64. The van der Waals surface area contributed by atoms with Gasteiger partial charge < -0.3 is 11.5 Å². The number of aromatic nitrogens is 2. The molecular weight excluding hydrogens is 332 g/mol. The van der Waals surface area contributed by atoms with Crippen molar-refractivity contribution < 1.29 is 0 Å². The lowest BCUT2D eigenvalue weighted by atomic mass is 10.0. The van der Waals surface area contributed by atoms with Crippen LogP contribution in [0, 0.1) is 22.7 Å². The largest absolute Gasteiger partial charge is 0.398 e. The molecule has 0 fully saturated rings. The van der Waals surface area contributed by atoms with Gasteiger partial charge in [0.2, 0.25) is 0 Å². The number of nitriles is 2. The zero-order valence-corrected chi connectivity index (χ0v) is 13.8. The summed E-state index contributed by atoms with van der Waals surface area (Å²) in [6, 6.07) is 16.7. The van der Waals surface area contributed by atoms with Crippen LogP contribution in [0.15, 0.2) is 58.6 Å². The van der Waals surface area contributed by atoms with Crippen LogP contribution >= 0.6 is 11.8 Å². The summed E-state index contributed by atoms with van der Waals surface area (Å²) in [5.41, 5.74) is 13.8. The summed E-state index contributed by atoms with van der Waals surface area (Å²) in [6.07, 6.45) is 1.59. The van der Waals surface area contributed by atoms with Crippen LogP contribution < -0.4 is 11.5 Å². The monoisotopic (exact) mass is 344 g/mol. The molecule has 0 unspecified atom stereocenters. The normalized spacial score (nSPS) is 10.0. The van der Waals surface area contributed by atoms with Gasteiger partial charge in [0.05, 0.1) is 11.3 Å². The van der Waals surface area contributed by atoms with Crippen LogP contribution in [0.25, 0.3) is 11.3 Å². The second-order valence-electron chi connectivity index (χ2n) is 5.01. The van der Waals surface area contributed by atoms with E-state index >= 15 is 0 Å². The molecule has 0 aliphatic rings. The molecule has 3 rings (SSSR count). The van der Waals surface area contributed by atoms with Gasteiger partial charge in [-0.2, -0.15) is 10.5 Å². The standard InChI is InChI=1S/C18H12N6S/c19-9-11-16(14-6-3-4-8-23-14)12(10-20)18(24-17(11)22)25-15-7-2-1-5-13(15)21/h1-8H,21H2,(H2,22,24). The van der Waals surface area contributed by atoms with Gasteiger partial charge in [0.1, 0.15) is 28.5 Å². The summed E-state index contributed by atoms with van der Waals surface area (Å²) in [7, 11) is 0. The molecule has 6 nitrogen and oxygen atoms in total. The number of rotatable bonds is 3. The highest BCUT2D eigenvalue weighted by molar-refractivity contribution is 7.99. The lowest BCUT2D eigenvalue weighted by Crippen LogP contribution is -2.04. The number of nitrogens with two attached hydrogens (primary N) is 2. The molecule has 0 radical (unpaired) electrons. The number of benzene rings is 1. The van der Waals surface area contributed by atoms with Gasteiger partial charge in [-0.05, 0) is 24.3 Å². The molecular formula is C18H12N6S. The summed E-state index contributed by atoms with van der Waals surface area (Å²) in [4.78, 5) is 9.26. The highest BCUT2D eigenvalue weighted by Crippen LogP contribution is 2.38. The van der Waals surface area contributed by atoms with Crippen molar-refractivity contribution in [1.29, 1.82) is 10.5 Å². The Labute approximate surface area is 148 Å². The van der Waals surface area contributed by atoms with Gasteiger partial charge in [0.15, 0.2) is 0 Å². The minimum absolute atomic E-state index is 0.0548. The fourth-order valence-electron chi connectivity index (χ4n) is 2.32. The van der Waals surface area contributed by atoms with E-state index in [1.807, 2.05) is 24.3 Å². The molecule has 0 saturated heterocycles. The van der Waals surface area contributed by atoms with E-state index < -0.39 is 0 Å². The lowest BCUT2D eigenvalue weighted by molar-refractivity contribution is 1.11. The van der Waals surface area contributed by atoms with Gasteiger partial charge in [-0.3, -0.25) is 4.98 Å². The topological polar surface area (TPSA) is 125 Å². The number of nitrogen functional groups attached to an aromatic ring is 2. The fourth-order valence-corrected chi connectivity index (χ4v) is 3.25. The van der Waals surface area contributed by atoms with Crippen molar-refractivity contribution >= 4 is 23.3 Å². The maximum absolute atomic E-state index is 9.71. The minimum atomic E-state index is 0.0548. The van der Waals surface area contributed by atoms with E-state index in [0.29, 0.717) is 22.0 Å². The molecule has 120 valence electrons. The van der Waals surface area contributed by atoms with E-state index in [1.54, 1.807) is 30.5 Å². The molecule has 0 amide bonds. The summed E-state index contributed by atoms with van der Waals surface area (Å²) >= 11 is 1.23. The van der Waals surface area contributed by atoms with E-state index in [4.69, 9.17) is 11.5 Å². The minimum Gasteiger partial charge on any atom is -0.398 e. The Balaban J connectivity index is 2.25.